The molecule has 21 heavy (non-hydrogen) atoms. The van der Waals surface area contributed by atoms with Gasteiger partial charge in [-0.1, -0.05) is 17.7 Å². The van der Waals surface area contributed by atoms with Crippen molar-refractivity contribution in [2.75, 3.05) is 7.11 Å². The molecule has 0 radical (unpaired) electrons. The first-order chi connectivity index (χ1) is 10.2. The SMILES string of the molecule is COc1cccc(C2=NC(=Cc3ccc(Cl)s3)C(=O)O2)c1. The first-order valence-electron chi connectivity index (χ1n) is 6.08. The maximum Gasteiger partial charge on any atom is 0.363 e. The van der Waals surface area contributed by atoms with Gasteiger partial charge in [0.15, 0.2) is 5.70 Å². The summed E-state index contributed by atoms with van der Waals surface area (Å²) in [6.45, 7) is 0. The van der Waals surface area contributed by atoms with Gasteiger partial charge in [0, 0.05) is 10.4 Å². The molecular weight excluding hydrogens is 310 g/mol. The predicted octanol–water partition coefficient (Wildman–Crippen LogP) is 3.75. The molecule has 1 aliphatic heterocycles. The van der Waals surface area contributed by atoms with Gasteiger partial charge in [-0.05, 0) is 36.4 Å². The van der Waals surface area contributed by atoms with Crippen molar-refractivity contribution in [1.29, 1.82) is 0 Å². The Morgan fingerprint density at radius 2 is 2.19 bits per heavy atom. The minimum atomic E-state index is -0.475. The third-order valence-corrected chi connectivity index (χ3v) is 3.99. The molecule has 2 heterocycles. The molecule has 0 N–H and O–H groups in total. The summed E-state index contributed by atoms with van der Waals surface area (Å²) < 4.78 is 11.0. The number of carbonyl (C=O) groups is 1. The van der Waals surface area contributed by atoms with E-state index in [4.69, 9.17) is 21.1 Å². The van der Waals surface area contributed by atoms with Gasteiger partial charge in [0.2, 0.25) is 5.90 Å². The van der Waals surface area contributed by atoms with Crippen LogP contribution in [-0.2, 0) is 9.53 Å². The van der Waals surface area contributed by atoms with Gasteiger partial charge in [-0.2, -0.15) is 0 Å². The maximum absolute atomic E-state index is 11.9. The molecule has 0 spiro atoms. The number of halogens is 1. The number of hydrogen-bond donors (Lipinski definition) is 0. The van der Waals surface area contributed by atoms with Crippen LogP contribution >= 0.6 is 22.9 Å². The number of nitrogens with zero attached hydrogens (tertiary/aromatic N) is 1. The van der Waals surface area contributed by atoms with Gasteiger partial charge >= 0.3 is 5.97 Å². The lowest BCUT2D eigenvalue weighted by Crippen LogP contribution is -2.05. The molecule has 0 saturated heterocycles. The number of thiophene rings is 1. The van der Waals surface area contributed by atoms with E-state index in [9.17, 15) is 4.79 Å². The molecule has 1 aromatic heterocycles. The van der Waals surface area contributed by atoms with Crippen molar-refractivity contribution in [2.24, 2.45) is 4.99 Å². The van der Waals surface area contributed by atoms with Crippen molar-refractivity contribution in [1.82, 2.24) is 0 Å². The summed E-state index contributed by atoms with van der Waals surface area (Å²) >= 11 is 7.24. The first kappa shape index (κ1) is 13.9. The van der Waals surface area contributed by atoms with Crippen molar-refractivity contribution >= 4 is 40.9 Å². The summed E-state index contributed by atoms with van der Waals surface area (Å²) in [5.74, 6) is 0.471. The Labute approximate surface area is 130 Å². The minimum absolute atomic E-state index is 0.256. The lowest BCUT2D eigenvalue weighted by atomic mass is 10.2. The Morgan fingerprint density at radius 3 is 2.90 bits per heavy atom. The maximum atomic E-state index is 11.9. The molecular formula is C15H10ClNO3S. The van der Waals surface area contributed by atoms with Gasteiger partial charge in [-0.15, -0.1) is 11.3 Å². The second-order valence-corrected chi connectivity index (χ2v) is 5.96. The molecule has 0 fully saturated rings. The first-order valence-corrected chi connectivity index (χ1v) is 7.27. The fourth-order valence-electron chi connectivity index (χ4n) is 1.83. The molecule has 0 saturated carbocycles. The van der Waals surface area contributed by atoms with Crippen LogP contribution in [0.4, 0.5) is 0 Å². The lowest BCUT2D eigenvalue weighted by molar-refractivity contribution is -0.129. The van der Waals surface area contributed by atoms with Crippen LogP contribution in [-0.4, -0.2) is 19.0 Å². The average molecular weight is 320 g/mol. The molecule has 1 aromatic carbocycles. The van der Waals surface area contributed by atoms with Crippen LogP contribution in [0.5, 0.6) is 5.75 Å². The number of benzene rings is 1. The number of methoxy groups -OCH3 is 1. The molecule has 1 aliphatic rings. The minimum Gasteiger partial charge on any atom is -0.497 e. The van der Waals surface area contributed by atoms with Gasteiger partial charge in [0.05, 0.1) is 11.4 Å². The van der Waals surface area contributed by atoms with Gasteiger partial charge in [0.1, 0.15) is 5.75 Å². The Hall–Kier alpha value is -2.11. The van der Waals surface area contributed by atoms with Crippen molar-refractivity contribution in [3.8, 4) is 5.75 Å². The average Bonchev–Trinajstić information content (AvgIpc) is 3.06. The van der Waals surface area contributed by atoms with Crippen LogP contribution < -0.4 is 4.74 Å². The molecule has 3 rings (SSSR count). The highest BCUT2D eigenvalue weighted by molar-refractivity contribution is 7.17. The van der Waals surface area contributed by atoms with Gasteiger partial charge in [0.25, 0.3) is 0 Å². The van der Waals surface area contributed by atoms with Crippen LogP contribution in [0.15, 0.2) is 47.1 Å². The molecule has 6 heteroatoms. The second-order valence-electron chi connectivity index (χ2n) is 4.21. The van der Waals surface area contributed by atoms with Crippen molar-refractivity contribution in [3.05, 3.63) is 56.9 Å². The highest BCUT2D eigenvalue weighted by Gasteiger charge is 2.24. The van der Waals surface area contributed by atoms with E-state index in [1.54, 1.807) is 31.4 Å². The largest absolute Gasteiger partial charge is 0.497 e. The summed E-state index contributed by atoms with van der Waals surface area (Å²) in [6, 6.07) is 10.8. The number of rotatable bonds is 3. The molecule has 2 aromatic rings. The summed E-state index contributed by atoms with van der Waals surface area (Å²) in [5.41, 5.74) is 0.946. The topological polar surface area (TPSA) is 47.9 Å². The van der Waals surface area contributed by atoms with Crippen molar-refractivity contribution in [3.63, 3.8) is 0 Å². The van der Waals surface area contributed by atoms with Gasteiger partial charge in [-0.25, -0.2) is 9.79 Å². The van der Waals surface area contributed by atoms with E-state index in [0.29, 0.717) is 15.6 Å². The Kier molecular flexibility index (Phi) is 3.77. The normalized spacial score (nSPS) is 16.0. The standard InChI is InChI=1S/C15H10ClNO3S/c1-19-10-4-2-3-9(7-10)14-17-12(15(18)20-14)8-11-5-6-13(16)21-11/h2-8H,1H3. The smallest absolute Gasteiger partial charge is 0.363 e. The summed E-state index contributed by atoms with van der Waals surface area (Å²) in [7, 11) is 1.58. The number of aliphatic imine (C=N–C) groups is 1. The van der Waals surface area contributed by atoms with Crippen LogP contribution in [0.1, 0.15) is 10.4 Å². The van der Waals surface area contributed by atoms with E-state index in [2.05, 4.69) is 4.99 Å². The Bertz CT molecular complexity index is 764. The molecule has 0 bridgehead atoms. The monoisotopic (exact) mass is 319 g/mol. The van der Waals surface area contributed by atoms with Gasteiger partial charge in [-0.3, -0.25) is 0 Å². The zero-order valence-corrected chi connectivity index (χ0v) is 12.6. The van der Waals surface area contributed by atoms with E-state index in [1.807, 2.05) is 18.2 Å². The Morgan fingerprint density at radius 1 is 1.33 bits per heavy atom. The van der Waals surface area contributed by atoms with Crippen LogP contribution in [0, 0.1) is 0 Å². The number of ether oxygens (including phenoxy) is 2. The highest BCUT2D eigenvalue weighted by Crippen LogP contribution is 2.26. The van der Waals surface area contributed by atoms with E-state index < -0.39 is 5.97 Å². The highest BCUT2D eigenvalue weighted by atomic mass is 35.5. The van der Waals surface area contributed by atoms with E-state index in [-0.39, 0.29) is 11.6 Å². The third kappa shape index (κ3) is 2.99. The number of cyclic esters (lactones) is 1. The molecule has 106 valence electrons. The van der Waals surface area contributed by atoms with Gasteiger partial charge < -0.3 is 9.47 Å². The molecule has 0 aliphatic carbocycles. The molecule has 4 nitrogen and oxygen atoms in total. The third-order valence-electron chi connectivity index (χ3n) is 2.81. The molecule has 0 atom stereocenters. The quantitative estimate of drug-likeness (QED) is 0.639. The second kappa shape index (κ2) is 5.71. The predicted molar refractivity (Wildman–Crippen MR) is 82.9 cm³/mol. The summed E-state index contributed by atoms with van der Waals surface area (Å²) in [6.07, 6.45) is 1.66. The number of esters is 1. The van der Waals surface area contributed by atoms with Crippen LogP contribution in [0.3, 0.4) is 0 Å². The zero-order valence-electron chi connectivity index (χ0n) is 11.0. The Balaban J connectivity index is 1.93. The fraction of sp³-hybridized carbons (Fsp3) is 0.0667. The lowest BCUT2D eigenvalue weighted by Gasteiger charge is -2.02. The van der Waals surface area contributed by atoms with E-state index >= 15 is 0 Å². The number of hydrogen-bond acceptors (Lipinski definition) is 5. The molecule has 0 amide bonds. The van der Waals surface area contributed by atoms with E-state index in [1.165, 1.54) is 11.3 Å². The molecule has 0 unspecified atom stereocenters. The van der Waals surface area contributed by atoms with Crippen LogP contribution in [0.25, 0.3) is 6.08 Å². The van der Waals surface area contributed by atoms with E-state index in [0.717, 1.165) is 4.88 Å². The zero-order chi connectivity index (χ0) is 14.8. The van der Waals surface area contributed by atoms with Crippen molar-refractivity contribution in [2.45, 2.75) is 0 Å². The van der Waals surface area contributed by atoms with Crippen molar-refractivity contribution < 1.29 is 14.3 Å². The van der Waals surface area contributed by atoms with Crippen LogP contribution in [0.2, 0.25) is 4.34 Å². The summed E-state index contributed by atoms with van der Waals surface area (Å²) in [5, 5.41) is 0. The number of carbonyl (C=O) groups excluding carboxylic acids is 1. The summed E-state index contributed by atoms with van der Waals surface area (Å²) in [4.78, 5) is 16.9. The fourth-order valence-corrected chi connectivity index (χ4v) is 2.83.